The van der Waals surface area contributed by atoms with Gasteiger partial charge in [-0.2, -0.15) is 0 Å². The molecule has 0 bridgehead atoms. The van der Waals surface area contributed by atoms with Gasteiger partial charge in [-0.15, -0.1) is 24.8 Å². The van der Waals surface area contributed by atoms with E-state index < -0.39 is 0 Å². The first-order valence-electron chi connectivity index (χ1n) is 7.48. The van der Waals surface area contributed by atoms with Crippen molar-refractivity contribution in [2.75, 3.05) is 31.9 Å². The Bertz CT molecular complexity index is 384. The van der Waals surface area contributed by atoms with Gasteiger partial charge in [0.25, 0.3) is 0 Å². The number of nitrogens with one attached hydrogen (secondary N) is 1. The van der Waals surface area contributed by atoms with Crippen molar-refractivity contribution in [3.05, 3.63) is 23.9 Å². The van der Waals surface area contributed by atoms with Crippen LogP contribution in [0.3, 0.4) is 0 Å². The van der Waals surface area contributed by atoms with Gasteiger partial charge in [0.05, 0.1) is 0 Å². The number of hydrogen-bond donors (Lipinski definition) is 2. The summed E-state index contributed by atoms with van der Waals surface area (Å²) in [6, 6.07) is 4.57. The van der Waals surface area contributed by atoms with Gasteiger partial charge in [0.1, 0.15) is 5.82 Å². The fourth-order valence-corrected chi connectivity index (χ4v) is 2.83. The molecule has 1 saturated heterocycles. The number of hydrogen-bond acceptors (Lipinski definition) is 4. The van der Waals surface area contributed by atoms with E-state index in [1.54, 1.807) is 6.20 Å². The lowest BCUT2D eigenvalue weighted by Gasteiger charge is -2.35. The first kappa shape index (κ1) is 20.5. The van der Waals surface area contributed by atoms with Crippen molar-refractivity contribution in [2.24, 2.45) is 0 Å². The van der Waals surface area contributed by atoms with Gasteiger partial charge in [-0.25, -0.2) is 4.98 Å². The third-order valence-electron chi connectivity index (χ3n) is 3.90. The zero-order chi connectivity index (χ0) is 13.5. The van der Waals surface area contributed by atoms with Crippen molar-refractivity contribution in [3.8, 4) is 0 Å². The van der Waals surface area contributed by atoms with Crippen molar-refractivity contribution in [1.29, 1.82) is 0 Å². The molecular formula is C15H28Cl2N4. The Kier molecular flexibility index (Phi) is 10.8. The van der Waals surface area contributed by atoms with E-state index in [0.717, 1.165) is 26.2 Å². The van der Waals surface area contributed by atoms with Crippen molar-refractivity contribution in [3.63, 3.8) is 0 Å². The zero-order valence-corrected chi connectivity index (χ0v) is 14.4. The van der Waals surface area contributed by atoms with E-state index in [4.69, 9.17) is 5.73 Å². The first-order valence-corrected chi connectivity index (χ1v) is 7.48. The van der Waals surface area contributed by atoms with Crippen molar-refractivity contribution in [1.82, 2.24) is 15.2 Å². The van der Waals surface area contributed by atoms with Crippen LogP contribution in [0.25, 0.3) is 0 Å². The second kappa shape index (κ2) is 11.1. The Morgan fingerprint density at radius 2 is 2.00 bits per heavy atom. The van der Waals surface area contributed by atoms with Crippen LogP contribution in [-0.2, 0) is 0 Å². The van der Waals surface area contributed by atoms with Gasteiger partial charge in [0.2, 0.25) is 0 Å². The maximum absolute atomic E-state index is 6.08. The van der Waals surface area contributed by atoms with E-state index >= 15 is 0 Å². The summed E-state index contributed by atoms with van der Waals surface area (Å²) in [5, 5.41) is 3.41. The molecule has 0 aliphatic carbocycles. The lowest BCUT2D eigenvalue weighted by molar-refractivity contribution is 0.163. The molecule has 0 unspecified atom stereocenters. The largest absolute Gasteiger partial charge is 0.383 e. The summed E-state index contributed by atoms with van der Waals surface area (Å²) < 4.78 is 0. The van der Waals surface area contributed by atoms with E-state index in [1.165, 1.54) is 31.2 Å². The van der Waals surface area contributed by atoms with Gasteiger partial charge < -0.3 is 11.1 Å². The van der Waals surface area contributed by atoms with Crippen LogP contribution in [0, 0.1) is 0 Å². The Hall–Kier alpha value is -0.550. The summed E-state index contributed by atoms with van der Waals surface area (Å²) in [5.41, 5.74) is 7.29. The smallest absolute Gasteiger partial charge is 0.128 e. The molecule has 0 amide bonds. The van der Waals surface area contributed by atoms with Crippen molar-refractivity contribution < 1.29 is 0 Å². The predicted molar refractivity (Wildman–Crippen MR) is 94.5 cm³/mol. The minimum atomic E-state index is 0. The molecule has 1 aromatic heterocycles. The van der Waals surface area contributed by atoms with Crippen LogP contribution in [0.5, 0.6) is 0 Å². The average Bonchev–Trinajstić information content (AvgIpc) is 2.46. The van der Waals surface area contributed by atoms with E-state index in [0.29, 0.717) is 11.9 Å². The third kappa shape index (κ3) is 5.99. The number of halogens is 2. The Morgan fingerprint density at radius 3 is 2.62 bits per heavy atom. The summed E-state index contributed by atoms with van der Waals surface area (Å²) in [4.78, 5) is 6.81. The van der Waals surface area contributed by atoms with E-state index in [2.05, 4.69) is 28.2 Å². The minimum absolute atomic E-state index is 0. The normalized spacial score (nSPS) is 16.6. The quantitative estimate of drug-likeness (QED) is 0.785. The highest BCUT2D eigenvalue weighted by molar-refractivity contribution is 5.85. The van der Waals surface area contributed by atoms with Crippen molar-refractivity contribution in [2.45, 2.75) is 38.6 Å². The first-order chi connectivity index (χ1) is 9.33. The number of nitrogens with zero attached hydrogens (tertiary/aromatic N) is 2. The highest BCUT2D eigenvalue weighted by atomic mass is 35.5. The summed E-state index contributed by atoms with van der Waals surface area (Å²) in [6.07, 6.45) is 6.78. The number of pyridine rings is 1. The monoisotopic (exact) mass is 334 g/mol. The standard InChI is InChI=1S/C15H26N4.2ClH/c1-2-3-4-7-14(19-11-9-17-10-12-19)13-6-5-8-18-15(13)16;;/h5-6,8,14,17H,2-4,7,9-12H2,1H3,(H2,16,18);2*1H/t14-;;/m0../s1. The molecule has 0 spiro atoms. The van der Waals surface area contributed by atoms with Gasteiger partial charge in [-0.3, -0.25) is 4.90 Å². The zero-order valence-electron chi connectivity index (χ0n) is 12.8. The second-order valence-electron chi connectivity index (χ2n) is 5.28. The Labute approximate surface area is 140 Å². The molecule has 1 aliphatic heterocycles. The van der Waals surface area contributed by atoms with Crippen LogP contribution in [-0.4, -0.2) is 36.1 Å². The van der Waals surface area contributed by atoms with Crippen LogP contribution in [0.4, 0.5) is 5.82 Å². The lowest BCUT2D eigenvalue weighted by Crippen LogP contribution is -2.45. The van der Waals surface area contributed by atoms with Gasteiger partial charge in [-0.1, -0.05) is 32.3 Å². The number of rotatable bonds is 6. The van der Waals surface area contributed by atoms with E-state index in [-0.39, 0.29) is 24.8 Å². The highest BCUT2D eigenvalue weighted by Gasteiger charge is 2.23. The maximum Gasteiger partial charge on any atom is 0.128 e. The Balaban J connectivity index is 0.00000200. The summed E-state index contributed by atoms with van der Waals surface area (Å²) in [6.45, 7) is 6.60. The average molecular weight is 335 g/mol. The summed E-state index contributed by atoms with van der Waals surface area (Å²) in [5.74, 6) is 0.697. The van der Waals surface area contributed by atoms with E-state index in [9.17, 15) is 0 Å². The third-order valence-corrected chi connectivity index (χ3v) is 3.90. The number of anilines is 1. The molecule has 1 aromatic rings. The van der Waals surface area contributed by atoms with Gasteiger partial charge in [-0.05, 0) is 12.5 Å². The van der Waals surface area contributed by atoms with Gasteiger partial charge in [0.15, 0.2) is 0 Å². The van der Waals surface area contributed by atoms with Crippen LogP contribution in [0.2, 0.25) is 0 Å². The molecule has 1 fully saturated rings. The molecule has 1 atom stereocenters. The fraction of sp³-hybridized carbons (Fsp3) is 0.667. The van der Waals surface area contributed by atoms with Crippen LogP contribution in [0.1, 0.15) is 44.2 Å². The molecule has 0 radical (unpaired) electrons. The number of nitrogens with two attached hydrogens (primary N) is 1. The molecule has 6 heteroatoms. The van der Waals surface area contributed by atoms with E-state index in [1.807, 2.05) is 6.07 Å². The molecule has 122 valence electrons. The van der Waals surface area contributed by atoms with Crippen LogP contribution < -0.4 is 11.1 Å². The molecule has 2 rings (SSSR count). The fourth-order valence-electron chi connectivity index (χ4n) is 2.83. The topological polar surface area (TPSA) is 54.2 Å². The number of aromatic nitrogens is 1. The van der Waals surface area contributed by atoms with Crippen LogP contribution >= 0.6 is 24.8 Å². The molecule has 0 saturated carbocycles. The van der Waals surface area contributed by atoms with Gasteiger partial charge in [0, 0.05) is 44.0 Å². The SMILES string of the molecule is CCCCC[C@@H](c1cccnc1N)N1CCNCC1.Cl.Cl. The molecule has 1 aliphatic rings. The van der Waals surface area contributed by atoms with Gasteiger partial charge >= 0.3 is 0 Å². The van der Waals surface area contributed by atoms with Crippen LogP contribution in [0.15, 0.2) is 18.3 Å². The summed E-state index contributed by atoms with van der Waals surface area (Å²) >= 11 is 0. The molecule has 3 N–H and O–H groups in total. The molecular weight excluding hydrogens is 307 g/mol. The second-order valence-corrected chi connectivity index (χ2v) is 5.28. The number of unbranched alkanes of at least 4 members (excludes halogenated alkanes) is 2. The predicted octanol–water partition coefficient (Wildman–Crippen LogP) is 3.03. The number of nitrogen functional groups attached to an aromatic ring is 1. The molecule has 4 nitrogen and oxygen atoms in total. The Morgan fingerprint density at radius 1 is 1.29 bits per heavy atom. The lowest BCUT2D eigenvalue weighted by atomic mass is 9.98. The molecule has 2 heterocycles. The van der Waals surface area contributed by atoms with Crippen molar-refractivity contribution >= 4 is 30.6 Å². The summed E-state index contributed by atoms with van der Waals surface area (Å²) in [7, 11) is 0. The molecule has 0 aromatic carbocycles. The molecule has 21 heavy (non-hydrogen) atoms. The number of piperazine rings is 1. The maximum atomic E-state index is 6.08. The minimum Gasteiger partial charge on any atom is -0.383 e. The highest BCUT2D eigenvalue weighted by Crippen LogP contribution is 2.29.